The SMILES string of the molecule is C[C@]12COC(=O)C[C@@H]1CC[C@@H]1[C@@H]2CC[C@@]2(C)[C@H]1CC[C@]2(C)O[Si](C)(C)C. The first kappa shape index (κ1) is 19.0. The fraction of sp³-hybridized carbons (Fsp3) is 0.955. The van der Waals surface area contributed by atoms with Crippen molar-refractivity contribution in [2.24, 2.45) is 34.5 Å². The number of hydrogen-bond acceptors (Lipinski definition) is 3. The Hall–Kier alpha value is -0.353. The molecular formula is C22H38O3Si. The number of rotatable bonds is 2. The molecule has 4 heteroatoms. The summed E-state index contributed by atoms with van der Waals surface area (Å²) >= 11 is 0. The van der Waals surface area contributed by atoms with E-state index in [1.54, 1.807) is 0 Å². The largest absolute Gasteiger partial charge is 0.465 e. The predicted octanol–water partition coefficient (Wildman–Crippen LogP) is 5.40. The van der Waals surface area contributed by atoms with Crippen molar-refractivity contribution in [3.05, 3.63) is 0 Å². The van der Waals surface area contributed by atoms with Gasteiger partial charge in [-0.3, -0.25) is 4.79 Å². The lowest BCUT2D eigenvalue weighted by molar-refractivity contribution is -0.185. The summed E-state index contributed by atoms with van der Waals surface area (Å²) in [6, 6.07) is 0. The summed E-state index contributed by atoms with van der Waals surface area (Å²) < 4.78 is 12.4. The molecule has 0 N–H and O–H groups in total. The molecule has 3 saturated carbocycles. The average Bonchev–Trinajstić information content (AvgIpc) is 2.77. The maximum atomic E-state index is 11.8. The number of carbonyl (C=O) groups excluding carboxylic acids is 1. The molecule has 26 heavy (non-hydrogen) atoms. The van der Waals surface area contributed by atoms with E-state index in [-0.39, 0.29) is 17.0 Å². The van der Waals surface area contributed by atoms with E-state index in [4.69, 9.17) is 9.16 Å². The van der Waals surface area contributed by atoms with Gasteiger partial charge in [0.25, 0.3) is 0 Å². The average molecular weight is 379 g/mol. The summed E-state index contributed by atoms with van der Waals surface area (Å²) in [5.41, 5.74) is 0.559. The Morgan fingerprint density at radius 1 is 1.00 bits per heavy atom. The highest BCUT2D eigenvalue weighted by atomic mass is 28.4. The number of fused-ring (bicyclic) bond motifs is 5. The van der Waals surface area contributed by atoms with Gasteiger partial charge in [-0.25, -0.2) is 0 Å². The quantitative estimate of drug-likeness (QED) is 0.476. The van der Waals surface area contributed by atoms with Crippen LogP contribution >= 0.6 is 0 Å². The van der Waals surface area contributed by atoms with Gasteiger partial charge in [-0.2, -0.15) is 0 Å². The number of carbonyl (C=O) groups is 1. The molecule has 3 nitrogen and oxygen atoms in total. The Morgan fingerprint density at radius 3 is 2.38 bits per heavy atom. The van der Waals surface area contributed by atoms with Gasteiger partial charge in [-0.05, 0) is 94.2 Å². The van der Waals surface area contributed by atoms with Crippen LogP contribution in [0.25, 0.3) is 0 Å². The van der Waals surface area contributed by atoms with Crippen LogP contribution in [-0.4, -0.2) is 26.5 Å². The van der Waals surface area contributed by atoms with Crippen LogP contribution in [0, 0.1) is 34.5 Å². The third kappa shape index (κ3) is 2.65. The van der Waals surface area contributed by atoms with E-state index < -0.39 is 8.32 Å². The van der Waals surface area contributed by atoms with Gasteiger partial charge in [0.2, 0.25) is 0 Å². The van der Waals surface area contributed by atoms with Crippen molar-refractivity contribution in [2.45, 2.75) is 91.0 Å². The molecular weight excluding hydrogens is 340 g/mol. The molecule has 0 aromatic rings. The number of hydrogen-bond donors (Lipinski definition) is 0. The van der Waals surface area contributed by atoms with Crippen molar-refractivity contribution in [3.8, 4) is 0 Å². The fourth-order valence-corrected chi connectivity index (χ4v) is 9.35. The smallest absolute Gasteiger partial charge is 0.306 e. The first-order valence-corrected chi connectivity index (χ1v) is 14.3. The minimum Gasteiger partial charge on any atom is -0.465 e. The molecule has 0 aromatic heterocycles. The molecule has 0 amide bonds. The topological polar surface area (TPSA) is 35.5 Å². The Morgan fingerprint density at radius 2 is 1.69 bits per heavy atom. The summed E-state index contributed by atoms with van der Waals surface area (Å²) in [5, 5.41) is 0. The standard InChI is InChI=1S/C22H38O3Si/c1-20-14-24-19(23)13-15(20)7-8-16-17(20)9-11-21(2)18(16)10-12-22(21,3)25-26(4,5)6/h15-18H,7-14H2,1-6H3/t15-,16+,17-,18-,20-,21-,22-/m0/s1. The van der Waals surface area contributed by atoms with Gasteiger partial charge in [0, 0.05) is 11.8 Å². The molecule has 1 saturated heterocycles. The van der Waals surface area contributed by atoms with E-state index in [0.717, 1.165) is 17.8 Å². The van der Waals surface area contributed by atoms with Crippen LogP contribution < -0.4 is 0 Å². The lowest BCUT2D eigenvalue weighted by Gasteiger charge is -2.61. The highest BCUT2D eigenvalue weighted by molar-refractivity contribution is 6.69. The van der Waals surface area contributed by atoms with Crippen molar-refractivity contribution in [2.75, 3.05) is 6.61 Å². The van der Waals surface area contributed by atoms with E-state index in [1.807, 2.05) is 0 Å². The fourth-order valence-electron chi connectivity index (χ4n) is 7.66. The molecule has 0 bridgehead atoms. The molecule has 0 aromatic carbocycles. The van der Waals surface area contributed by atoms with Gasteiger partial charge in [0.1, 0.15) is 0 Å². The van der Waals surface area contributed by atoms with Crippen molar-refractivity contribution >= 4 is 14.3 Å². The first-order chi connectivity index (χ1) is 12.0. The summed E-state index contributed by atoms with van der Waals surface area (Å²) in [5.74, 6) is 2.86. The van der Waals surface area contributed by atoms with Crippen molar-refractivity contribution < 1.29 is 14.0 Å². The molecule has 0 spiro atoms. The van der Waals surface area contributed by atoms with Gasteiger partial charge < -0.3 is 9.16 Å². The predicted molar refractivity (Wildman–Crippen MR) is 106 cm³/mol. The molecule has 148 valence electrons. The Bertz CT molecular complexity index is 599. The number of ether oxygens (including phenoxy) is 1. The van der Waals surface area contributed by atoms with Gasteiger partial charge in [-0.15, -0.1) is 0 Å². The minimum atomic E-state index is -1.57. The second-order valence-corrected chi connectivity index (χ2v) is 15.9. The van der Waals surface area contributed by atoms with Gasteiger partial charge in [-0.1, -0.05) is 13.8 Å². The van der Waals surface area contributed by atoms with Crippen molar-refractivity contribution in [1.29, 1.82) is 0 Å². The van der Waals surface area contributed by atoms with E-state index >= 15 is 0 Å². The molecule has 3 aliphatic carbocycles. The molecule has 0 radical (unpaired) electrons. The highest BCUT2D eigenvalue weighted by Gasteiger charge is 2.64. The van der Waals surface area contributed by atoms with E-state index in [2.05, 4.69) is 40.4 Å². The Balaban J connectivity index is 1.61. The summed E-state index contributed by atoms with van der Waals surface area (Å²) in [7, 11) is -1.57. The normalized spacial score (nSPS) is 51.2. The maximum Gasteiger partial charge on any atom is 0.306 e. The van der Waals surface area contributed by atoms with Crippen LogP contribution in [0.4, 0.5) is 0 Å². The lowest BCUT2D eigenvalue weighted by Crippen LogP contribution is -2.59. The third-order valence-electron chi connectivity index (χ3n) is 9.08. The minimum absolute atomic E-state index is 0.0311. The summed E-state index contributed by atoms with van der Waals surface area (Å²) in [4.78, 5) is 11.8. The van der Waals surface area contributed by atoms with E-state index in [9.17, 15) is 4.79 Å². The highest BCUT2D eigenvalue weighted by Crippen LogP contribution is 2.68. The molecule has 7 atom stereocenters. The van der Waals surface area contributed by atoms with Gasteiger partial charge in [0.05, 0.1) is 12.2 Å². The zero-order valence-electron chi connectivity index (χ0n) is 17.7. The Kier molecular flexibility index (Phi) is 4.25. The zero-order valence-corrected chi connectivity index (χ0v) is 18.7. The van der Waals surface area contributed by atoms with Gasteiger partial charge in [0.15, 0.2) is 8.32 Å². The van der Waals surface area contributed by atoms with Crippen LogP contribution in [0.2, 0.25) is 19.6 Å². The van der Waals surface area contributed by atoms with Crippen LogP contribution in [0.15, 0.2) is 0 Å². The van der Waals surface area contributed by atoms with E-state index in [1.165, 1.54) is 38.5 Å². The molecule has 1 heterocycles. The zero-order chi connectivity index (χ0) is 19.0. The van der Waals surface area contributed by atoms with Crippen LogP contribution in [0.5, 0.6) is 0 Å². The Labute approximate surface area is 160 Å². The van der Waals surface area contributed by atoms with Crippen molar-refractivity contribution in [3.63, 3.8) is 0 Å². The third-order valence-corrected chi connectivity index (χ3v) is 10.1. The lowest BCUT2D eigenvalue weighted by atomic mass is 9.46. The monoisotopic (exact) mass is 378 g/mol. The second-order valence-electron chi connectivity index (χ2n) is 11.5. The van der Waals surface area contributed by atoms with E-state index in [0.29, 0.717) is 24.4 Å². The summed E-state index contributed by atoms with van der Waals surface area (Å²) in [6.45, 7) is 15.0. The number of esters is 1. The molecule has 4 rings (SSSR count). The van der Waals surface area contributed by atoms with Crippen LogP contribution in [-0.2, 0) is 14.0 Å². The first-order valence-electron chi connectivity index (χ1n) is 10.8. The molecule has 4 aliphatic rings. The van der Waals surface area contributed by atoms with Crippen LogP contribution in [0.1, 0.15) is 65.7 Å². The summed E-state index contributed by atoms with van der Waals surface area (Å²) in [6.07, 6.45) is 8.27. The van der Waals surface area contributed by atoms with Gasteiger partial charge >= 0.3 is 5.97 Å². The number of cyclic esters (lactones) is 1. The molecule has 0 unspecified atom stereocenters. The van der Waals surface area contributed by atoms with Crippen LogP contribution in [0.3, 0.4) is 0 Å². The molecule has 1 aliphatic heterocycles. The second kappa shape index (κ2) is 5.82. The maximum absolute atomic E-state index is 11.8. The molecule has 4 fully saturated rings. The van der Waals surface area contributed by atoms with Crippen molar-refractivity contribution in [1.82, 2.24) is 0 Å².